The lowest BCUT2D eigenvalue weighted by Gasteiger charge is -2.29. The van der Waals surface area contributed by atoms with E-state index in [1.807, 2.05) is 0 Å². The Morgan fingerprint density at radius 3 is 2.73 bits per heavy atom. The third-order valence-corrected chi connectivity index (χ3v) is 5.61. The van der Waals surface area contributed by atoms with Crippen LogP contribution in [0.4, 0.5) is 5.69 Å². The third-order valence-electron chi connectivity index (χ3n) is 3.75. The second-order valence-electron chi connectivity index (χ2n) is 5.25. The van der Waals surface area contributed by atoms with E-state index in [0.717, 1.165) is 10.4 Å². The smallest absolute Gasteiger partial charge is 0.307 e. The number of hydrogen-bond acceptors (Lipinski definition) is 5. The van der Waals surface area contributed by atoms with Crippen LogP contribution in [0.5, 0.6) is 0 Å². The Kier molecular flexibility index (Phi) is 4.47. The maximum atomic E-state index is 12.6. The fourth-order valence-electron chi connectivity index (χ4n) is 2.46. The number of nitro groups is 1. The summed E-state index contributed by atoms with van der Waals surface area (Å²) in [5.41, 5.74) is 0.0962. The second kappa shape index (κ2) is 6.01. The van der Waals surface area contributed by atoms with Crippen molar-refractivity contribution in [2.24, 2.45) is 5.92 Å². The summed E-state index contributed by atoms with van der Waals surface area (Å²) in [6, 6.07) is 3.71. The summed E-state index contributed by atoms with van der Waals surface area (Å²) in [7, 11) is -3.94. The SMILES string of the molecule is Cc1ccc(S(=O)(=O)N2CCCC(C(=O)O)C2)cc1[N+](=O)[O-]. The molecule has 1 heterocycles. The molecule has 0 amide bonds. The van der Waals surface area contributed by atoms with Crippen molar-refractivity contribution in [1.29, 1.82) is 0 Å². The highest BCUT2D eigenvalue weighted by atomic mass is 32.2. The molecule has 1 aromatic carbocycles. The van der Waals surface area contributed by atoms with Crippen LogP contribution in [-0.2, 0) is 14.8 Å². The lowest BCUT2D eigenvalue weighted by Crippen LogP contribution is -2.42. The Balaban J connectivity index is 2.36. The number of sulfonamides is 1. The predicted molar refractivity (Wildman–Crippen MR) is 77.0 cm³/mol. The fourth-order valence-corrected chi connectivity index (χ4v) is 4.00. The highest BCUT2D eigenvalue weighted by Crippen LogP contribution is 2.27. The molecule has 0 spiro atoms. The van der Waals surface area contributed by atoms with Gasteiger partial charge in [-0.3, -0.25) is 14.9 Å². The van der Waals surface area contributed by atoms with E-state index < -0.39 is 26.8 Å². The summed E-state index contributed by atoms with van der Waals surface area (Å²) >= 11 is 0. The van der Waals surface area contributed by atoms with E-state index in [1.165, 1.54) is 19.1 Å². The lowest BCUT2D eigenvalue weighted by atomic mass is 10.0. The number of rotatable bonds is 4. The summed E-state index contributed by atoms with van der Waals surface area (Å²) in [5.74, 6) is -1.78. The first-order chi connectivity index (χ1) is 10.2. The van der Waals surface area contributed by atoms with Crippen LogP contribution in [0.25, 0.3) is 0 Å². The Labute approximate surface area is 127 Å². The van der Waals surface area contributed by atoms with Gasteiger partial charge >= 0.3 is 5.97 Å². The number of aryl methyl sites for hydroxylation is 1. The molecule has 0 radical (unpaired) electrons. The van der Waals surface area contributed by atoms with E-state index in [1.54, 1.807) is 0 Å². The molecule has 1 unspecified atom stereocenters. The van der Waals surface area contributed by atoms with Gasteiger partial charge in [0.05, 0.1) is 15.7 Å². The van der Waals surface area contributed by atoms with Crippen LogP contribution < -0.4 is 0 Å². The molecule has 1 atom stereocenters. The zero-order valence-corrected chi connectivity index (χ0v) is 12.7. The Morgan fingerprint density at radius 2 is 2.14 bits per heavy atom. The van der Waals surface area contributed by atoms with E-state index in [9.17, 15) is 23.3 Å². The molecule has 1 aliphatic rings. The molecule has 22 heavy (non-hydrogen) atoms. The first kappa shape index (κ1) is 16.4. The van der Waals surface area contributed by atoms with Crippen molar-refractivity contribution in [2.45, 2.75) is 24.7 Å². The molecule has 120 valence electrons. The highest BCUT2D eigenvalue weighted by molar-refractivity contribution is 7.89. The van der Waals surface area contributed by atoms with E-state index in [2.05, 4.69) is 0 Å². The molecule has 8 nitrogen and oxygen atoms in total. The maximum absolute atomic E-state index is 12.6. The summed E-state index contributed by atoms with van der Waals surface area (Å²) in [5, 5.41) is 20.0. The normalized spacial score (nSPS) is 19.8. The molecule has 0 aliphatic carbocycles. The second-order valence-corrected chi connectivity index (χ2v) is 7.18. The van der Waals surface area contributed by atoms with Crippen LogP contribution in [0.15, 0.2) is 23.1 Å². The van der Waals surface area contributed by atoms with Gasteiger partial charge in [0.2, 0.25) is 10.0 Å². The number of carbonyl (C=O) groups is 1. The molecule has 1 saturated heterocycles. The molecule has 1 N–H and O–H groups in total. The van der Waals surface area contributed by atoms with Crippen molar-refractivity contribution in [2.75, 3.05) is 13.1 Å². The van der Waals surface area contributed by atoms with Crippen molar-refractivity contribution in [3.63, 3.8) is 0 Å². The lowest BCUT2D eigenvalue weighted by molar-refractivity contribution is -0.385. The van der Waals surface area contributed by atoms with Crippen molar-refractivity contribution >= 4 is 21.7 Å². The van der Waals surface area contributed by atoms with Gasteiger partial charge < -0.3 is 5.11 Å². The summed E-state index contributed by atoms with van der Waals surface area (Å²) in [6.45, 7) is 1.63. The molecule has 0 aromatic heterocycles. The third kappa shape index (κ3) is 3.09. The largest absolute Gasteiger partial charge is 0.481 e. The number of carboxylic acid groups (broad SMARTS) is 1. The fraction of sp³-hybridized carbons (Fsp3) is 0.462. The Morgan fingerprint density at radius 1 is 1.45 bits per heavy atom. The minimum absolute atomic E-state index is 0.112. The molecular formula is C13H16N2O6S. The van der Waals surface area contributed by atoms with Gasteiger partial charge in [-0.15, -0.1) is 0 Å². The van der Waals surface area contributed by atoms with Gasteiger partial charge in [0.25, 0.3) is 5.69 Å². The van der Waals surface area contributed by atoms with Crippen LogP contribution in [0.2, 0.25) is 0 Å². The average molecular weight is 328 g/mol. The molecule has 1 aromatic rings. The van der Waals surface area contributed by atoms with Gasteiger partial charge in [0.1, 0.15) is 0 Å². The van der Waals surface area contributed by atoms with Crippen LogP contribution in [-0.4, -0.2) is 41.8 Å². The van der Waals surface area contributed by atoms with Crippen LogP contribution >= 0.6 is 0 Å². The zero-order valence-electron chi connectivity index (χ0n) is 11.9. The predicted octanol–water partition coefficient (Wildman–Crippen LogP) is 1.39. The first-order valence-corrected chi connectivity index (χ1v) is 8.15. The maximum Gasteiger partial charge on any atom is 0.307 e. The molecule has 1 fully saturated rings. The summed E-state index contributed by atoms with van der Waals surface area (Å²) < 4.78 is 26.2. The Bertz CT molecular complexity index is 715. The van der Waals surface area contributed by atoms with Gasteiger partial charge in [-0.1, -0.05) is 6.07 Å². The number of nitro benzene ring substituents is 1. The van der Waals surface area contributed by atoms with E-state index in [0.29, 0.717) is 18.4 Å². The number of hydrogen-bond donors (Lipinski definition) is 1. The van der Waals surface area contributed by atoms with E-state index in [-0.39, 0.29) is 23.7 Å². The molecule has 1 aliphatic heterocycles. The van der Waals surface area contributed by atoms with Gasteiger partial charge in [0.15, 0.2) is 0 Å². The number of benzene rings is 1. The van der Waals surface area contributed by atoms with Crippen LogP contribution in [0.1, 0.15) is 18.4 Å². The van der Waals surface area contributed by atoms with Gasteiger partial charge in [-0.05, 0) is 25.8 Å². The summed E-state index contributed by atoms with van der Waals surface area (Å²) in [6.07, 6.45) is 0.875. The van der Waals surface area contributed by atoms with Crippen molar-refractivity contribution in [3.05, 3.63) is 33.9 Å². The van der Waals surface area contributed by atoms with E-state index in [4.69, 9.17) is 5.11 Å². The van der Waals surface area contributed by atoms with Crippen LogP contribution in [0.3, 0.4) is 0 Å². The monoisotopic (exact) mass is 328 g/mol. The van der Waals surface area contributed by atoms with Crippen molar-refractivity contribution in [3.8, 4) is 0 Å². The minimum atomic E-state index is -3.94. The molecule has 9 heteroatoms. The first-order valence-electron chi connectivity index (χ1n) is 6.71. The standard InChI is InChI=1S/C13H16N2O6S/c1-9-4-5-11(7-12(9)15(18)19)22(20,21)14-6-2-3-10(8-14)13(16)17/h4-5,7,10H,2-3,6,8H2,1H3,(H,16,17). The van der Waals surface area contributed by atoms with Gasteiger partial charge in [-0.2, -0.15) is 4.31 Å². The zero-order chi connectivity index (χ0) is 16.5. The van der Waals surface area contributed by atoms with Crippen molar-refractivity contribution < 1.29 is 23.2 Å². The molecule has 0 saturated carbocycles. The quantitative estimate of drug-likeness (QED) is 0.659. The molecule has 2 rings (SSSR count). The van der Waals surface area contributed by atoms with Crippen LogP contribution in [0, 0.1) is 23.0 Å². The number of aliphatic carboxylic acids is 1. The van der Waals surface area contributed by atoms with Gasteiger partial charge in [0, 0.05) is 24.7 Å². The van der Waals surface area contributed by atoms with Gasteiger partial charge in [-0.25, -0.2) is 8.42 Å². The highest BCUT2D eigenvalue weighted by Gasteiger charge is 2.34. The number of nitrogens with zero attached hydrogens (tertiary/aromatic N) is 2. The number of carboxylic acids is 1. The van der Waals surface area contributed by atoms with Crippen molar-refractivity contribution in [1.82, 2.24) is 4.31 Å². The minimum Gasteiger partial charge on any atom is -0.481 e. The average Bonchev–Trinajstić information content (AvgIpc) is 2.47. The Hall–Kier alpha value is -2.00. The molecular weight excluding hydrogens is 312 g/mol. The molecule has 0 bridgehead atoms. The topological polar surface area (TPSA) is 118 Å². The number of piperidine rings is 1. The summed E-state index contributed by atoms with van der Waals surface area (Å²) in [4.78, 5) is 21.2. The van der Waals surface area contributed by atoms with E-state index >= 15 is 0 Å².